The molecular weight excluding hydrogens is 366 g/mol. The van der Waals surface area contributed by atoms with Crippen molar-refractivity contribution in [2.24, 2.45) is 0 Å². The Balaban J connectivity index is 2.26. The lowest BCUT2D eigenvalue weighted by atomic mass is 10.2. The van der Waals surface area contributed by atoms with Gasteiger partial charge in [0.2, 0.25) is 0 Å². The highest BCUT2D eigenvalue weighted by molar-refractivity contribution is 9.10. The van der Waals surface area contributed by atoms with Crippen molar-refractivity contribution in [3.8, 4) is 11.4 Å². The predicted molar refractivity (Wildman–Crippen MR) is 82.7 cm³/mol. The van der Waals surface area contributed by atoms with E-state index in [1.54, 1.807) is 30.3 Å². The van der Waals surface area contributed by atoms with Crippen LogP contribution in [0.15, 0.2) is 40.9 Å². The van der Waals surface area contributed by atoms with Crippen molar-refractivity contribution in [2.75, 3.05) is 0 Å². The molecule has 2 nitrogen and oxygen atoms in total. The van der Waals surface area contributed by atoms with Crippen LogP contribution in [0.3, 0.4) is 0 Å². The summed E-state index contributed by atoms with van der Waals surface area (Å²) in [4.78, 5) is 8.45. The Bertz CT molecular complexity index is 806. The van der Waals surface area contributed by atoms with Crippen LogP contribution in [0.25, 0.3) is 22.3 Å². The monoisotopic (exact) mass is 370 g/mol. The maximum Gasteiger partial charge on any atom is 0.161 e. The molecule has 0 unspecified atom stereocenters. The quantitative estimate of drug-likeness (QED) is 0.527. The first-order valence-corrected chi connectivity index (χ1v) is 7.18. The first-order chi connectivity index (χ1) is 9.54. The molecule has 0 saturated heterocycles. The standard InChI is InChI=1S/C14H6BrCl2FN2/c15-8-5-10-12(11(18)6-8)19-14(20-13(10)17)7-1-3-9(16)4-2-7/h1-6H. The molecule has 0 amide bonds. The minimum Gasteiger partial charge on any atom is -0.225 e. The van der Waals surface area contributed by atoms with Crippen molar-refractivity contribution in [2.45, 2.75) is 0 Å². The summed E-state index contributed by atoms with van der Waals surface area (Å²) in [6, 6.07) is 9.99. The molecule has 20 heavy (non-hydrogen) atoms. The Labute approximate surface area is 132 Å². The van der Waals surface area contributed by atoms with E-state index < -0.39 is 5.82 Å². The molecule has 6 heteroatoms. The van der Waals surface area contributed by atoms with Crippen molar-refractivity contribution in [3.63, 3.8) is 0 Å². The molecule has 1 aromatic heterocycles. The molecule has 0 saturated carbocycles. The lowest BCUT2D eigenvalue weighted by Crippen LogP contribution is -1.94. The summed E-state index contributed by atoms with van der Waals surface area (Å²) in [5, 5.41) is 1.28. The van der Waals surface area contributed by atoms with Crippen LogP contribution in [0.2, 0.25) is 10.2 Å². The van der Waals surface area contributed by atoms with Crippen LogP contribution in [0.4, 0.5) is 4.39 Å². The molecule has 0 aliphatic heterocycles. The van der Waals surface area contributed by atoms with Gasteiger partial charge in [-0.15, -0.1) is 0 Å². The molecule has 1 heterocycles. The number of nitrogens with zero attached hydrogens (tertiary/aromatic N) is 2. The van der Waals surface area contributed by atoms with Crippen LogP contribution < -0.4 is 0 Å². The van der Waals surface area contributed by atoms with Crippen LogP contribution in [-0.2, 0) is 0 Å². The Morgan fingerprint density at radius 1 is 1.00 bits per heavy atom. The van der Waals surface area contributed by atoms with E-state index in [0.717, 1.165) is 5.56 Å². The number of aromatic nitrogens is 2. The molecule has 0 radical (unpaired) electrons. The molecule has 0 bridgehead atoms. The number of fused-ring (bicyclic) bond motifs is 1. The van der Waals surface area contributed by atoms with Gasteiger partial charge in [0.1, 0.15) is 10.7 Å². The molecular formula is C14H6BrCl2FN2. The van der Waals surface area contributed by atoms with Crippen LogP contribution in [0.1, 0.15) is 0 Å². The number of rotatable bonds is 1. The summed E-state index contributed by atoms with van der Waals surface area (Å²) in [5.74, 6) is -0.0886. The summed E-state index contributed by atoms with van der Waals surface area (Å²) in [5.41, 5.74) is 0.915. The van der Waals surface area contributed by atoms with Gasteiger partial charge in [0.15, 0.2) is 11.6 Å². The molecule has 0 aliphatic rings. The van der Waals surface area contributed by atoms with Crippen molar-refractivity contribution in [1.29, 1.82) is 0 Å². The van der Waals surface area contributed by atoms with Gasteiger partial charge in [-0.3, -0.25) is 0 Å². The average Bonchev–Trinajstić information content (AvgIpc) is 2.40. The van der Waals surface area contributed by atoms with Gasteiger partial charge in [-0.2, -0.15) is 0 Å². The van der Waals surface area contributed by atoms with E-state index in [2.05, 4.69) is 25.9 Å². The maximum atomic E-state index is 14.0. The van der Waals surface area contributed by atoms with Crippen molar-refractivity contribution in [3.05, 3.63) is 56.9 Å². The number of hydrogen-bond donors (Lipinski definition) is 0. The van der Waals surface area contributed by atoms with Gasteiger partial charge in [0, 0.05) is 20.4 Å². The molecule has 0 atom stereocenters. The lowest BCUT2D eigenvalue weighted by molar-refractivity contribution is 0.636. The van der Waals surface area contributed by atoms with E-state index in [1.165, 1.54) is 6.07 Å². The second kappa shape index (κ2) is 5.28. The molecule has 0 N–H and O–H groups in total. The third kappa shape index (κ3) is 2.51. The first-order valence-electron chi connectivity index (χ1n) is 5.63. The van der Waals surface area contributed by atoms with E-state index in [-0.39, 0.29) is 10.7 Å². The Hall–Kier alpha value is -1.23. The highest BCUT2D eigenvalue weighted by Crippen LogP contribution is 2.29. The van der Waals surface area contributed by atoms with Gasteiger partial charge in [0.05, 0.1) is 0 Å². The Morgan fingerprint density at radius 3 is 2.40 bits per heavy atom. The van der Waals surface area contributed by atoms with Gasteiger partial charge >= 0.3 is 0 Å². The van der Waals surface area contributed by atoms with E-state index in [9.17, 15) is 4.39 Å². The number of halogens is 4. The third-order valence-electron chi connectivity index (χ3n) is 2.77. The van der Waals surface area contributed by atoms with Gasteiger partial charge in [-0.25, -0.2) is 14.4 Å². The van der Waals surface area contributed by atoms with Crippen molar-refractivity contribution >= 4 is 50.0 Å². The van der Waals surface area contributed by atoms with E-state index >= 15 is 0 Å². The largest absolute Gasteiger partial charge is 0.225 e. The second-order valence-electron chi connectivity index (χ2n) is 4.13. The average molecular weight is 372 g/mol. The second-order valence-corrected chi connectivity index (χ2v) is 5.84. The molecule has 100 valence electrons. The molecule has 3 rings (SSSR count). The summed E-state index contributed by atoms with van der Waals surface area (Å²) < 4.78 is 14.6. The molecule has 3 aromatic rings. The minimum absolute atomic E-state index is 0.193. The zero-order chi connectivity index (χ0) is 14.3. The molecule has 0 spiro atoms. The summed E-state index contributed by atoms with van der Waals surface area (Å²) >= 11 is 15.2. The first kappa shape index (κ1) is 13.7. The zero-order valence-corrected chi connectivity index (χ0v) is 13.0. The predicted octanol–water partition coefficient (Wildman–Crippen LogP) is 5.51. The fourth-order valence-electron chi connectivity index (χ4n) is 1.85. The molecule has 0 fully saturated rings. The van der Waals surface area contributed by atoms with E-state index in [1.807, 2.05) is 0 Å². The third-order valence-corrected chi connectivity index (χ3v) is 3.77. The summed E-state index contributed by atoms with van der Waals surface area (Å²) in [7, 11) is 0. The Morgan fingerprint density at radius 2 is 1.70 bits per heavy atom. The van der Waals surface area contributed by atoms with E-state index in [4.69, 9.17) is 23.2 Å². The minimum atomic E-state index is -0.450. The Kier molecular flexibility index (Phi) is 3.63. The van der Waals surface area contributed by atoms with Gasteiger partial charge < -0.3 is 0 Å². The van der Waals surface area contributed by atoms with Gasteiger partial charge in [-0.05, 0) is 36.4 Å². The SMILES string of the molecule is Fc1cc(Br)cc2c(Cl)nc(-c3ccc(Cl)cc3)nc12. The number of benzene rings is 2. The van der Waals surface area contributed by atoms with Crippen LogP contribution >= 0.6 is 39.1 Å². The molecule has 2 aromatic carbocycles. The number of hydrogen-bond acceptors (Lipinski definition) is 2. The smallest absolute Gasteiger partial charge is 0.161 e. The highest BCUT2D eigenvalue weighted by Gasteiger charge is 2.12. The van der Waals surface area contributed by atoms with Crippen LogP contribution in [0.5, 0.6) is 0 Å². The van der Waals surface area contributed by atoms with Gasteiger partial charge in [0.25, 0.3) is 0 Å². The topological polar surface area (TPSA) is 25.8 Å². The van der Waals surface area contributed by atoms with Crippen LogP contribution in [-0.4, -0.2) is 9.97 Å². The maximum absolute atomic E-state index is 14.0. The summed E-state index contributed by atoms with van der Waals surface area (Å²) in [6.07, 6.45) is 0. The molecule has 0 aliphatic carbocycles. The van der Waals surface area contributed by atoms with E-state index in [0.29, 0.717) is 20.7 Å². The fraction of sp³-hybridized carbons (Fsp3) is 0. The van der Waals surface area contributed by atoms with Crippen molar-refractivity contribution in [1.82, 2.24) is 9.97 Å². The normalized spacial score (nSPS) is 11.0. The fourth-order valence-corrected chi connectivity index (χ4v) is 2.63. The van der Waals surface area contributed by atoms with Crippen molar-refractivity contribution < 1.29 is 4.39 Å². The van der Waals surface area contributed by atoms with Gasteiger partial charge in [-0.1, -0.05) is 39.1 Å². The highest BCUT2D eigenvalue weighted by atomic mass is 79.9. The lowest BCUT2D eigenvalue weighted by Gasteiger charge is -2.06. The zero-order valence-electron chi connectivity index (χ0n) is 9.87. The van der Waals surface area contributed by atoms with Crippen LogP contribution in [0, 0.1) is 5.82 Å². The summed E-state index contributed by atoms with van der Waals surface area (Å²) in [6.45, 7) is 0.